The van der Waals surface area contributed by atoms with Crippen LogP contribution in [-0.2, 0) is 13.1 Å². The highest BCUT2D eigenvalue weighted by Gasteiger charge is 2.09. The third kappa shape index (κ3) is 4.60. The molecule has 2 aromatic heterocycles. The van der Waals surface area contributed by atoms with E-state index in [4.69, 9.17) is 0 Å². The number of nitrogens with one attached hydrogen (secondary N) is 1. The molecule has 2 heterocycles. The Morgan fingerprint density at radius 2 is 1.72 bits per heavy atom. The topological polar surface area (TPSA) is 71.0 Å². The van der Waals surface area contributed by atoms with Gasteiger partial charge in [-0.15, -0.1) is 0 Å². The normalized spacial score (nSPS) is 10.3. The van der Waals surface area contributed by atoms with E-state index in [9.17, 15) is 4.79 Å². The predicted molar refractivity (Wildman–Crippen MR) is 96.0 cm³/mol. The number of nitrogens with zero attached hydrogens (tertiary/aromatic N) is 4. The summed E-state index contributed by atoms with van der Waals surface area (Å²) in [4.78, 5) is 26.7. The standard InChI is InChI=1S/C19H19N5O/c1-24(14-15-6-3-2-4-7-15)19-22-12-17(13-23-19)18(25)21-11-16-8-5-9-20-10-16/h2-10,12-13H,11,14H2,1H3,(H,21,25). The van der Waals surface area contributed by atoms with Crippen molar-refractivity contribution < 1.29 is 4.79 Å². The highest BCUT2D eigenvalue weighted by atomic mass is 16.1. The number of carbonyl (C=O) groups excluding carboxylic acids is 1. The largest absolute Gasteiger partial charge is 0.348 e. The van der Waals surface area contributed by atoms with Crippen LogP contribution < -0.4 is 10.2 Å². The third-order valence-corrected chi connectivity index (χ3v) is 3.68. The molecule has 0 saturated heterocycles. The molecule has 6 nitrogen and oxygen atoms in total. The Balaban J connectivity index is 1.58. The van der Waals surface area contributed by atoms with Crippen molar-refractivity contribution in [3.05, 3.63) is 83.9 Å². The summed E-state index contributed by atoms with van der Waals surface area (Å²) >= 11 is 0. The van der Waals surface area contributed by atoms with Crippen molar-refractivity contribution in [3.8, 4) is 0 Å². The van der Waals surface area contributed by atoms with Crippen molar-refractivity contribution in [2.24, 2.45) is 0 Å². The van der Waals surface area contributed by atoms with Crippen LogP contribution in [0.25, 0.3) is 0 Å². The number of aromatic nitrogens is 3. The first-order chi connectivity index (χ1) is 12.2. The van der Waals surface area contributed by atoms with Gasteiger partial charge in [0.2, 0.25) is 5.95 Å². The van der Waals surface area contributed by atoms with Crippen molar-refractivity contribution in [1.82, 2.24) is 20.3 Å². The smallest absolute Gasteiger partial charge is 0.254 e. The van der Waals surface area contributed by atoms with Gasteiger partial charge in [0.1, 0.15) is 0 Å². The van der Waals surface area contributed by atoms with Gasteiger partial charge in [0, 0.05) is 44.9 Å². The Morgan fingerprint density at radius 3 is 2.40 bits per heavy atom. The maximum atomic E-state index is 12.2. The van der Waals surface area contributed by atoms with Gasteiger partial charge >= 0.3 is 0 Å². The fourth-order valence-corrected chi connectivity index (χ4v) is 2.35. The predicted octanol–water partition coefficient (Wildman–Crippen LogP) is 2.44. The van der Waals surface area contributed by atoms with Crippen LogP contribution in [0.1, 0.15) is 21.5 Å². The zero-order valence-electron chi connectivity index (χ0n) is 14.0. The Hall–Kier alpha value is -3.28. The molecule has 25 heavy (non-hydrogen) atoms. The second-order valence-electron chi connectivity index (χ2n) is 5.66. The molecule has 0 fully saturated rings. The lowest BCUT2D eigenvalue weighted by Crippen LogP contribution is -2.24. The number of pyridine rings is 1. The molecule has 0 bridgehead atoms. The highest BCUT2D eigenvalue weighted by molar-refractivity contribution is 5.93. The Bertz CT molecular complexity index is 806. The molecule has 126 valence electrons. The first-order valence-corrected chi connectivity index (χ1v) is 7.96. The summed E-state index contributed by atoms with van der Waals surface area (Å²) in [5.74, 6) is 0.369. The SMILES string of the molecule is CN(Cc1ccccc1)c1ncc(C(=O)NCc2cccnc2)cn1. The van der Waals surface area contributed by atoms with Gasteiger partial charge in [-0.25, -0.2) is 9.97 Å². The van der Waals surface area contributed by atoms with Crippen LogP contribution in [0.4, 0.5) is 5.95 Å². The quantitative estimate of drug-likeness (QED) is 0.750. The van der Waals surface area contributed by atoms with Gasteiger partial charge in [-0.2, -0.15) is 0 Å². The lowest BCUT2D eigenvalue weighted by atomic mass is 10.2. The average Bonchev–Trinajstić information content (AvgIpc) is 2.68. The Labute approximate surface area is 146 Å². The monoisotopic (exact) mass is 333 g/mol. The van der Waals surface area contributed by atoms with Gasteiger partial charge in [-0.3, -0.25) is 9.78 Å². The maximum absolute atomic E-state index is 12.2. The van der Waals surface area contributed by atoms with E-state index < -0.39 is 0 Å². The number of hydrogen-bond acceptors (Lipinski definition) is 5. The van der Waals surface area contributed by atoms with Gasteiger partial charge in [-0.05, 0) is 17.2 Å². The molecule has 0 aliphatic carbocycles. The molecule has 3 rings (SSSR count). The molecule has 0 spiro atoms. The van der Waals surface area contributed by atoms with E-state index in [1.54, 1.807) is 24.8 Å². The van der Waals surface area contributed by atoms with Crippen LogP contribution in [0.3, 0.4) is 0 Å². The van der Waals surface area contributed by atoms with Gasteiger partial charge in [0.25, 0.3) is 5.91 Å². The molecule has 0 aliphatic heterocycles. The maximum Gasteiger partial charge on any atom is 0.254 e. The van der Waals surface area contributed by atoms with E-state index in [-0.39, 0.29) is 5.91 Å². The first kappa shape index (κ1) is 16.6. The fraction of sp³-hybridized carbons (Fsp3) is 0.158. The van der Waals surface area contributed by atoms with Gasteiger partial charge in [0.05, 0.1) is 5.56 Å². The Kier molecular flexibility index (Phi) is 5.31. The van der Waals surface area contributed by atoms with E-state index in [1.165, 1.54) is 5.56 Å². The first-order valence-electron chi connectivity index (χ1n) is 7.96. The summed E-state index contributed by atoms with van der Waals surface area (Å²) in [5.41, 5.74) is 2.55. The molecule has 0 saturated carbocycles. The lowest BCUT2D eigenvalue weighted by molar-refractivity contribution is 0.0950. The fourth-order valence-electron chi connectivity index (χ4n) is 2.35. The van der Waals surface area contributed by atoms with Gasteiger partial charge < -0.3 is 10.2 Å². The van der Waals surface area contributed by atoms with Crippen molar-refractivity contribution in [2.75, 3.05) is 11.9 Å². The number of carbonyl (C=O) groups is 1. The summed E-state index contributed by atoms with van der Waals surface area (Å²) in [7, 11) is 1.92. The molecule has 0 unspecified atom stereocenters. The van der Waals surface area contributed by atoms with Crippen molar-refractivity contribution in [1.29, 1.82) is 0 Å². The molecular weight excluding hydrogens is 314 g/mol. The molecular formula is C19H19N5O. The molecule has 1 N–H and O–H groups in total. The van der Waals surface area contributed by atoms with Crippen molar-refractivity contribution in [3.63, 3.8) is 0 Å². The summed E-state index contributed by atoms with van der Waals surface area (Å²) in [6.07, 6.45) is 6.51. The van der Waals surface area contributed by atoms with Crippen LogP contribution in [0.2, 0.25) is 0 Å². The van der Waals surface area contributed by atoms with Crippen molar-refractivity contribution >= 4 is 11.9 Å². The summed E-state index contributed by atoms with van der Waals surface area (Å²) < 4.78 is 0. The van der Waals surface area contributed by atoms with Crippen LogP contribution >= 0.6 is 0 Å². The van der Waals surface area contributed by atoms with Crippen molar-refractivity contribution in [2.45, 2.75) is 13.1 Å². The van der Waals surface area contributed by atoms with Gasteiger partial charge in [0.15, 0.2) is 0 Å². The summed E-state index contributed by atoms with van der Waals surface area (Å²) in [5, 5.41) is 2.83. The van der Waals surface area contributed by atoms with Crippen LogP contribution in [0.5, 0.6) is 0 Å². The number of benzene rings is 1. The number of rotatable bonds is 6. The molecule has 1 aromatic carbocycles. The Morgan fingerprint density at radius 1 is 1.00 bits per heavy atom. The van der Waals surface area contributed by atoms with Gasteiger partial charge in [-0.1, -0.05) is 36.4 Å². The van der Waals surface area contributed by atoms with E-state index in [0.29, 0.717) is 24.6 Å². The molecule has 0 atom stereocenters. The minimum atomic E-state index is -0.207. The third-order valence-electron chi connectivity index (χ3n) is 3.68. The van der Waals surface area contributed by atoms with E-state index in [0.717, 1.165) is 5.56 Å². The molecule has 3 aromatic rings. The zero-order valence-corrected chi connectivity index (χ0v) is 14.0. The van der Waals surface area contributed by atoms with E-state index in [2.05, 4.69) is 32.4 Å². The summed E-state index contributed by atoms with van der Waals surface area (Å²) in [6, 6.07) is 13.8. The van der Waals surface area contributed by atoms with Crippen LogP contribution in [0.15, 0.2) is 67.3 Å². The number of amides is 1. The number of hydrogen-bond donors (Lipinski definition) is 1. The molecule has 0 aliphatic rings. The highest BCUT2D eigenvalue weighted by Crippen LogP contribution is 2.10. The minimum Gasteiger partial charge on any atom is -0.348 e. The minimum absolute atomic E-state index is 0.207. The van der Waals surface area contributed by atoms with E-state index in [1.807, 2.05) is 42.3 Å². The second-order valence-corrected chi connectivity index (χ2v) is 5.66. The molecule has 1 amide bonds. The van der Waals surface area contributed by atoms with Crippen LogP contribution in [-0.4, -0.2) is 27.9 Å². The molecule has 0 radical (unpaired) electrons. The lowest BCUT2D eigenvalue weighted by Gasteiger charge is -2.17. The zero-order chi connectivity index (χ0) is 17.5. The number of anilines is 1. The second kappa shape index (κ2) is 8.01. The molecule has 6 heteroatoms. The summed E-state index contributed by atoms with van der Waals surface area (Å²) in [6.45, 7) is 1.12. The van der Waals surface area contributed by atoms with E-state index >= 15 is 0 Å². The average molecular weight is 333 g/mol. The van der Waals surface area contributed by atoms with Crippen LogP contribution in [0, 0.1) is 0 Å².